The molecule has 0 aromatic rings. The van der Waals surface area contributed by atoms with Gasteiger partial charge in [-0.05, 0) is 289 Å². The van der Waals surface area contributed by atoms with Crippen molar-refractivity contribution in [2.75, 3.05) is 89.6 Å². The van der Waals surface area contributed by atoms with Crippen molar-refractivity contribution in [2.45, 2.75) is 534 Å². The summed E-state index contributed by atoms with van der Waals surface area (Å²) < 4.78 is 0. The first-order chi connectivity index (χ1) is 50.9. The highest BCUT2D eigenvalue weighted by atomic mass is 15.2. The Morgan fingerprint density at radius 2 is 0.459 bits per heavy atom. The van der Waals surface area contributed by atoms with Crippen LogP contribution in [0.1, 0.15) is 401 Å². The molecule has 8 aliphatic carbocycles. The molecule has 8 aliphatic rings. The van der Waals surface area contributed by atoms with Gasteiger partial charge < -0.3 is 71.5 Å². The van der Waals surface area contributed by atoms with Crippen molar-refractivity contribution < 1.29 is 0 Å². The first-order valence-corrected chi connectivity index (χ1v) is 47.0. The maximum Gasteiger partial charge on any atom is 0.00960 e. The Morgan fingerprint density at radius 1 is 0.239 bits per heavy atom. The fourth-order valence-electron chi connectivity index (χ4n) is 12.6. The van der Waals surface area contributed by atoms with Gasteiger partial charge in [0.15, 0.2) is 0 Å². The van der Waals surface area contributed by atoms with Gasteiger partial charge in [-0.2, -0.15) is 0 Å². The molecule has 666 valence electrons. The van der Waals surface area contributed by atoms with Gasteiger partial charge in [-0.15, -0.1) is 0 Å². The summed E-state index contributed by atoms with van der Waals surface area (Å²) in [6, 6.07) is 16.6. The molecule has 14 nitrogen and oxygen atoms in total. The third kappa shape index (κ3) is 82.3. The second kappa shape index (κ2) is 77.4. The van der Waals surface area contributed by atoms with Crippen LogP contribution in [0.3, 0.4) is 0 Å². The predicted molar refractivity (Wildman–Crippen MR) is 502 cm³/mol. The minimum Gasteiger partial charge on any atom is -0.318 e. The van der Waals surface area contributed by atoms with Crippen molar-refractivity contribution >= 4 is 0 Å². The zero-order valence-electron chi connectivity index (χ0n) is 83.0. The molecule has 0 unspecified atom stereocenters. The van der Waals surface area contributed by atoms with Crippen LogP contribution in [0.2, 0.25) is 0 Å². The van der Waals surface area contributed by atoms with E-state index in [1.165, 1.54) is 193 Å². The Labute approximate surface area is 691 Å². The lowest BCUT2D eigenvalue weighted by Gasteiger charge is -2.37. The van der Waals surface area contributed by atoms with Gasteiger partial charge in [-0.1, -0.05) is 202 Å². The van der Waals surface area contributed by atoms with Crippen molar-refractivity contribution in [2.24, 2.45) is 0 Å². The van der Waals surface area contributed by atoms with Crippen LogP contribution >= 0.6 is 0 Å². The molecule has 109 heavy (non-hydrogen) atoms. The van der Waals surface area contributed by atoms with E-state index in [0.717, 1.165) is 85.6 Å². The predicted octanol–water partition coefficient (Wildman–Crippen LogP) is 21.5. The Morgan fingerprint density at radius 3 is 0.578 bits per heavy atom. The van der Waals surface area contributed by atoms with Crippen LogP contribution in [0.5, 0.6) is 0 Å². The van der Waals surface area contributed by atoms with E-state index in [-0.39, 0.29) is 0 Å². The van der Waals surface area contributed by atoms with E-state index in [4.69, 9.17) is 0 Å². The van der Waals surface area contributed by atoms with E-state index >= 15 is 0 Å². The molecule has 8 fully saturated rings. The lowest BCUT2D eigenvalue weighted by Crippen LogP contribution is -2.41. The lowest BCUT2D eigenvalue weighted by atomic mass is 9.91. The standard InChI is InChI=1S/C10H21N.2C9H19N.2C8H17N.2C7H15N.C7H17N.C6H13N.C6H15N.2C5H13N.2C4H11N/c1-9(2)11(3)10-7-5-4-6-8-10;1-8(2)10(3)9-6-4-5-7-9;1-8(2)10-9-6-4-3-5-7-9;1-7(2)9(3)8-5-4-6-8;1-7(2)9-8-5-3-4-6-8;1-6(2)8(3)7-4-5-7;1-6(2)8-7-4-3-5-7;1-5-8(6-2)7(3)4;1-5(2)7-6-3-4-6;1-5-7(4)6(2)3;1-5(2)6(3)4;1-4-6-5(2)3;2*1-4(2)5-3/h9-10H,4-8H2,1-3H3;8-9H,4-7H2,1-3H3;8-10H,3-7H2,1-2H3;7-8H,4-6H2,1-3H3;7-9H,3-6H2,1-2H3;6-7H,4-5H2,1-3H3;6-8H,3-5H2,1-2H3;7H,5-6H2,1-4H3;5-7H,3-4H2,1-2H3;6H,5H2,1-4H3;5H,1-4H3;5-6H,4H2,1-3H3;2*4-5H,1-3H3. The molecule has 0 aromatic carbocycles. The molecule has 0 saturated heterocycles. The van der Waals surface area contributed by atoms with Gasteiger partial charge in [-0.25, -0.2) is 0 Å². The monoisotopic (exact) mass is 1550 g/mol. The quantitative estimate of drug-likeness (QED) is 0.0447. The third-order valence-electron chi connectivity index (χ3n) is 22.7. The average molecular weight is 1550 g/mol. The lowest BCUT2D eigenvalue weighted by molar-refractivity contribution is 0.126. The topological polar surface area (TPSA) is 107 Å². The second-order valence-corrected chi connectivity index (χ2v) is 37.7. The molecule has 14 heteroatoms. The minimum absolute atomic E-state index is 0.634. The molecule has 8 rings (SSSR count). The molecule has 0 amide bonds. The van der Waals surface area contributed by atoms with Crippen LogP contribution < -0.4 is 37.2 Å². The molecule has 0 bridgehead atoms. The molecule has 0 aliphatic heterocycles. The van der Waals surface area contributed by atoms with E-state index < -0.39 is 0 Å². The summed E-state index contributed by atoms with van der Waals surface area (Å²) in [4.78, 5) is 16.8. The van der Waals surface area contributed by atoms with E-state index in [1.807, 2.05) is 14.1 Å². The van der Waals surface area contributed by atoms with Gasteiger partial charge >= 0.3 is 0 Å². The average Bonchev–Trinajstić information content (AvgIpc) is 1.68. The number of nitrogens with zero attached hydrogens (tertiary/aromatic N) is 7. The van der Waals surface area contributed by atoms with Crippen molar-refractivity contribution in [1.29, 1.82) is 0 Å². The van der Waals surface area contributed by atoms with Gasteiger partial charge in [0.2, 0.25) is 0 Å². The number of hydrogen-bond donors (Lipinski definition) is 7. The van der Waals surface area contributed by atoms with Crippen LogP contribution in [0.4, 0.5) is 0 Å². The van der Waals surface area contributed by atoms with Gasteiger partial charge in [0.05, 0.1) is 0 Å². The van der Waals surface area contributed by atoms with Crippen molar-refractivity contribution in [1.82, 2.24) is 71.5 Å². The van der Waals surface area contributed by atoms with Crippen molar-refractivity contribution in [3.63, 3.8) is 0 Å². The summed E-state index contributed by atoms with van der Waals surface area (Å²) in [5.74, 6) is 0. The Hall–Kier alpha value is -0.560. The fourth-order valence-corrected chi connectivity index (χ4v) is 12.6. The first-order valence-electron chi connectivity index (χ1n) is 47.0. The Balaban J connectivity index is -0.000000264. The Kier molecular flexibility index (Phi) is 84.7. The summed E-state index contributed by atoms with van der Waals surface area (Å²) >= 11 is 0. The summed E-state index contributed by atoms with van der Waals surface area (Å²) in [5, 5.41) is 23.3. The van der Waals surface area contributed by atoms with E-state index in [0.29, 0.717) is 60.4 Å². The van der Waals surface area contributed by atoms with Gasteiger partial charge in [0.25, 0.3) is 0 Å². The molecule has 0 radical (unpaired) electrons. The Bertz CT molecular complexity index is 1720. The fraction of sp³-hybridized carbons (Fsp3) is 1.00. The highest BCUT2D eigenvalue weighted by molar-refractivity contribution is 4.85. The third-order valence-corrected chi connectivity index (χ3v) is 22.7. The second-order valence-electron chi connectivity index (χ2n) is 37.7. The van der Waals surface area contributed by atoms with E-state index in [9.17, 15) is 0 Å². The van der Waals surface area contributed by atoms with Crippen LogP contribution in [0.15, 0.2) is 0 Å². The highest BCUT2D eigenvalue weighted by Gasteiger charge is 2.28. The van der Waals surface area contributed by atoms with Crippen molar-refractivity contribution in [3.05, 3.63) is 0 Å². The molecule has 0 atom stereocenters. The smallest absolute Gasteiger partial charge is 0.00960 e. The maximum atomic E-state index is 3.58. The van der Waals surface area contributed by atoms with Crippen LogP contribution in [0.25, 0.3) is 0 Å². The van der Waals surface area contributed by atoms with E-state index in [1.54, 1.807) is 0 Å². The largest absolute Gasteiger partial charge is 0.318 e. The summed E-state index contributed by atoms with van der Waals surface area (Å²) in [6.45, 7) is 75.0. The highest BCUT2D eigenvalue weighted by Crippen LogP contribution is 2.28. The maximum absolute atomic E-state index is 3.58. The van der Waals surface area contributed by atoms with Gasteiger partial charge in [0.1, 0.15) is 0 Å². The SMILES string of the molecule is CC(C)N(C)C.CC(C)N(C)C1CC1.CC(C)N(C)C1CCC1.CC(C)N(C)C1CCCC1.CC(C)N(C)C1CCCCC1.CC(C)NC1CC1.CC(C)NC1CCC1.CC(C)NC1CCCC1.CC(C)NC1CCCCC1.CCN(C)C(C)C.CCN(CC)C(C)C.CCNC(C)C.CNC(C)C.CNC(C)C. The van der Waals surface area contributed by atoms with Crippen molar-refractivity contribution in [3.8, 4) is 0 Å². The van der Waals surface area contributed by atoms with E-state index in [2.05, 4.69) is 342 Å². The number of rotatable bonds is 26. The molecule has 0 spiro atoms. The van der Waals surface area contributed by atoms with Gasteiger partial charge in [-0.3, -0.25) is 0 Å². The molecule has 0 heterocycles. The molecular weight excluding hydrogens is 1340 g/mol. The molecule has 0 aromatic heterocycles. The zero-order valence-corrected chi connectivity index (χ0v) is 83.0. The first kappa shape index (κ1) is 119. The molecule has 8 saturated carbocycles. The molecule has 7 N–H and O–H groups in total. The zero-order chi connectivity index (χ0) is 85.3. The van der Waals surface area contributed by atoms with Gasteiger partial charge in [0, 0.05) is 133 Å². The van der Waals surface area contributed by atoms with Crippen LogP contribution in [0, 0.1) is 0 Å². The number of nitrogens with one attached hydrogen (secondary N) is 7. The summed E-state index contributed by atoms with van der Waals surface area (Å²) in [5.41, 5.74) is 0. The summed E-state index contributed by atoms with van der Waals surface area (Å²) in [6.07, 6.45) is 39.9. The molecular formula is C95H216N14. The van der Waals surface area contributed by atoms with Crippen LogP contribution in [-0.4, -0.2) is 257 Å². The number of hydrogen-bond acceptors (Lipinski definition) is 14. The normalized spacial score (nSPS) is 17.7. The van der Waals surface area contributed by atoms with Crippen LogP contribution in [-0.2, 0) is 0 Å². The minimum atomic E-state index is 0.634. The summed E-state index contributed by atoms with van der Waals surface area (Å²) in [7, 11) is 19.1.